The standard InChI is InChI=1S/C7H11N3O2.ClH/c1-10-4-9-3-5(10)2-6(8)7(11)12;/h3-4,6H,2,8H2,1H3,(H,11,12);1H/t6-;/m1./s1/i1D3;. The summed E-state index contributed by atoms with van der Waals surface area (Å²) in [7, 11) is 0. The molecular formula is C7H12ClN3O2. The van der Waals surface area contributed by atoms with Crippen LogP contribution in [-0.2, 0) is 18.2 Å². The molecule has 0 unspecified atom stereocenters. The maximum absolute atomic E-state index is 10.5. The minimum absolute atomic E-state index is 0. The molecule has 1 aromatic rings. The Morgan fingerprint density at radius 1 is 2.00 bits per heavy atom. The van der Waals surface area contributed by atoms with Gasteiger partial charge in [-0.15, -0.1) is 12.4 Å². The van der Waals surface area contributed by atoms with E-state index in [1.165, 1.54) is 6.20 Å². The number of hydrogen-bond acceptors (Lipinski definition) is 3. The van der Waals surface area contributed by atoms with E-state index in [-0.39, 0.29) is 24.5 Å². The van der Waals surface area contributed by atoms with Crippen molar-refractivity contribution in [1.29, 1.82) is 0 Å². The second-order valence-electron chi connectivity index (χ2n) is 2.40. The van der Waals surface area contributed by atoms with Crippen LogP contribution in [-0.4, -0.2) is 26.7 Å². The number of aryl methyl sites for hydroxylation is 1. The molecule has 1 rings (SSSR count). The lowest BCUT2D eigenvalue weighted by molar-refractivity contribution is -0.138. The van der Waals surface area contributed by atoms with Gasteiger partial charge in [0.1, 0.15) is 6.04 Å². The van der Waals surface area contributed by atoms with Crippen molar-refractivity contribution in [3.05, 3.63) is 18.2 Å². The van der Waals surface area contributed by atoms with E-state index in [1.54, 1.807) is 0 Å². The minimum Gasteiger partial charge on any atom is -0.480 e. The fourth-order valence-corrected chi connectivity index (χ4v) is 0.786. The number of hydrogen-bond donors (Lipinski definition) is 2. The van der Waals surface area contributed by atoms with Gasteiger partial charge in [0, 0.05) is 29.4 Å². The summed E-state index contributed by atoms with van der Waals surface area (Å²) in [5.74, 6) is -1.17. The Kier molecular flexibility index (Phi) is 2.73. The molecule has 6 heteroatoms. The number of aliphatic carboxylic acids is 1. The molecule has 0 saturated carbocycles. The number of carboxylic acid groups (broad SMARTS) is 1. The van der Waals surface area contributed by atoms with Crippen molar-refractivity contribution >= 4 is 18.4 Å². The van der Waals surface area contributed by atoms with E-state index in [1.807, 2.05) is 0 Å². The van der Waals surface area contributed by atoms with Crippen LogP contribution in [0.5, 0.6) is 0 Å². The number of halogens is 1. The Hall–Kier alpha value is -1.07. The van der Waals surface area contributed by atoms with Crippen LogP contribution in [0.15, 0.2) is 12.5 Å². The Morgan fingerprint density at radius 2 is 2.69 bits per heavy atom. The van der Waals surface area contributed by atoms with Gasteiger partial charge in [-0.2, -0.15) is 0 Å². The van der Waals surface area contributed by atoms with E-state index in [4.69, 9.17) is 15.0 Å². The number of imidazole rings is 1. The van der Waals surface area contributed by atoms with Crippen molar-refractivity contribution in [3.8, 4) is 0 Å². The van der Waals surface area contributed by atoms with Gasteiger partial charge in [0.2, 0.25) is 0 Å². The van der Waals surface area contributed by atoms with Crippen LogP contribution < -0.4 is 5.73 Å². The molecule has 1 heterocycles. The fraction of sp³-hybridized carbons (Fsp3) is 0.429. The molecule has 0 spiro atoms. The Labute approximate surface area is 86.2 Å². The second kappa shape index (κ2) is 4.84. The summed E-state index contributed by atoms with van der Waals surface area (Å²) >= 11 is 0. The van der Waals surface area contributed by atoms with Gasteiger partial charge in [0.05, 0.1) is 6.33 Å². The molecule has 3 N–H and O–H groups in total. The maximum atomic E-state index is 10.5. The Balaban J connectivity index is 0.00000225. The van der Waals surface area contributed by atoms with Crippen LogP contribution in [0.4, 0.5) is 0 Å². The predicted molar refractivity (Wildman–Crippen MR) is 49.8 cm³/mol. The van der Waals surface area contributed by atoms with Crippen LogP contribution in [0.25, 0.3) is 0 Å². The first-order valence-corrected chi connectivity index (χ1v) is 3.32. The monoisotopic (exact) mass is 208 g/mol. The van der Waals surface area contributed by atoms with Crippen molar-refractivity contribution in [2.24, 2.45) is 12.7 Å². The number of aromatic nitrogens is 2. The summed E-state index contributed by atoms with van der Waals surface area (Å²) in [6, 6.07) is -1.12. The van der Waals surface area contributed by atoms with Crippen molar-refractivity contribution in [3.63, 3.8) is 0 Å². The quantitative estimate of drug-likeness (QED) is 0.721. The molecular weight excluding hydrogens is 194 g/mol. The van der Waals surface area contributed by atoms with E-state index in [0.717, 1.165) is 10.9 Å². The fourth-order valence-electron chi connectivity index (χ4n) is 0.786. The summed E-state index contributed by atoms with van der Waals surface area (Å²) in [4.78, 5) is 14.1. The molecule has 0 saturated heterocycles. The topological polar surface area (TPSA) is 81.1 Å². The molecule has 0 amide bonds. The zero-order valence-corrected chi connectivity index (χ0v) is 7.49. The lowest BCUT2D eigenvalue weighted by Crippen LogP contribution is -2.32. The first-order valence-electron chi connectivity index (χ1n) is 4.82. The van der Waals surface area contributed by atoms with Crippen molar-refractivity contribution in [2.45, 2.75) is 12.5 Å². The van der Waals surface area contributed by atoms with Crippen molar-refractivity contribution in [2.75, 3.05) is 0 Å². The first-order chi connectivity index (χ1) is 6.82. The van der Waals surface area contributed by atoms with Gasteiger partial charge in [0.15, 0.2) is 0 Å². The van der Waals surface area contributed by atoms with Crippen LogP contribution in [0.1, 0.15) is 9.81 Å². The van der Waals surface area contributed by atoms with Crippen LogP contribution in [0.2, 0.25) is 0 Å². The van der Waals surface area contributed by atoms with Gasteiger partial charge in [-0.1, -0.05) is 0 Å². The molecule has 0 aliphatic rings. The van der Waals surface area contributed by atoms with E-state index in [2.05, 4.69) is 4.98 Å². The Bertz CT molecular complexity index is 366. The molecule has 1 atom stereocenters. The van der Waals surface area contributed by atoms with Crippen LogP contribution in [0.3, 0.4) is 0 Å². The number of carboxylic acids is 1. The molecule has 74 valence electrons. The zero-order valence-electron chi connectivity index (χ0n) is 9.67. The summed E-state index contributed by atoms with van der Waals surface area (Å²) in [5.41, 5.74) is 5.58. The third kappa shape index (κ3) is 3.04. The van der Waals surface area contributed by atoms with Crippen LogP contribution in [0, 0.1) is 0 Å². The smallest absolute Gasteiger partial charge is 0.320 e. The maximum Gasteiger partial charge on any atom is 0.320 e. The lowest BCUT2D eigenvalue weighted by Gasteiger charge is -2.05. The number of carbonyl (C=O) groups is 1. The zero-order chi connectivity index (χ0) is 11.6. The molecule has 1 aromatic heterocycles. The average Bonchev–Trinajstić information content (AvgIpc) is 2.50. The number of rotatable bonds is 3. The molecule has 13 heavy (non-hydrogen) atoms. The summed E-state index contributed by atoms with van der Waals surface area (Å²) in [5, 5.41) is 8.58. The molecule has 5 nitrogen and oxygen atoms in total. The van der Waals surface area contributed by atoms with Gasteiger partial charge >= 0.3 is 5.97 Å². The molecule has 0 bridgehead atoms. The molecule has 0 aromatic carbocycles. The van der Waals surface area contributed by atoms with Gasteiger partial charge in [-0.05, 0) is 0 Å². The normalized spacial score (nSPS) is 16.2. The van der Waals surface area contributed by atoms with E-state index in [0.29, 0.717) is 0 Å². The highest BCUT2D eigenvalue weighted by Gasteiger charge is 2.13. The molecule has 0 radical (unpaired) electrons. The van der Waals surface area contributed by atoms with Gasteiger partial charge in [-0.3, -0.25) is 4.79 Å². The van der Waals surface area contributed by atoms with E-state index < -0.39 is 19.0 Å². The molecule has 0 fully saturated rings. The highest BCUT2D eigenvalue weighted by atomic mass is 35.5. The molecule has 0 aliphatic carbocycles. The van der Waals surface area contributed by atoms with Gasteiger partial charge in [0.25, 0.3) is 0 Å². The minimum atomic E-state index is -2.36. The summed E-state index contributed by atoms with van der Waals surface area (Å²) in [6.45, 7) is -2.36. The van der Waals surface area contributed by atoms with E-state index in [9.17, 15) is 4.79 Å². The third-order valence-corrected chi connectivity index (χ3v) is 1.46. The van der Waals surface area contributed by atoms with Gasteiger partial charge < -0.3 is 15.4 Å². The first kappa shape index (κ1) is 7.34. The summed E-state index contributed by atoms with van der Waals surface area (Å²) < 4.78 is 22.4. The predicted octanol–water partition coefficient (Wildman–Crippen LogP) is -0.204. The van der Waals surface area contributed by atoms with Crippen molar-refractivity contribution < 1.29 is 14.0 Å². The molecule has 0 aliphatic heterocycles. The largest absolute Gasteiger partial charge is 0.480 e. The SMILES string of the molecule is Cl.[2H]C([2H])([2H])n1cncc1C[C@@H](N)C(=O)O. The highest BCUT2D eigenvalue weighted by Crippen LogP contribution is 1.99. The van der Waals surface area contributed by atoms with E-state index >= 15 is 0 Å². The summed E-state index contributed by atoms with van der Waals surface area (Å²) in [6.07, 6.45) is 2.37. The van der Waals surface area contributed by atoms with Crippen LogP contribution >= 0.6 is 12.4 Å². The highest BCUT2D eigenvalue weighted by molar-refractivity contribution is 5.85. The Morgan fingerprint density at radius 3 is 3.23 bits per heavy atom. The third-order valence-electron chi connectivity index (χ3n) is 1.46. The second-order valence-corrected chi connectivity index (χ2v) is 2.40. The average molecular weight is 209 g/mol. The lowest BCUT2D eigenvalue weighted by atomic mass is 10.2. The number of nitrogens with two attached hydrogens (primary N) is 1. The number of nitrogens with zero attached hydrogens (tertiary/aromatic N) is 2. The van der Waals surface area contributed by atoms with Gasteiger partial charge in [-0.25, -0.2) is 4.98 Å². The van der Waals surface area contributed by atoms with Crippen molar-refractivity contribution in [1.82, 2.24) is 9.55 Å².